The Balaban J connectivity index is 3.39. The van der Waals surface area contributed by atoms with Gasteiger partial charge in [0.05, 0.1) is 13.2 Å². The van der Waals surface area contributed by atoms with Crippen LogP contribution in [0, 0.1) is 0 Å². The maximum atomic E-state index is 5.25. The van der Waals surface area contributed by atoms with Crippen molar-refractivity contribution in [1.82, 2.24) is 0 Å². The average molecular weight is 156 g/mol. The van der Waals surface area contributed by atoms with Crippen molar-refractivity contribution in [1.29, 1.82) is 0 Å². The summed E-state index contributed by atoms with van der Waals surface area (Å²) in [6.07, 6.45) is 4.15. The molecule has 11 heavy (non-hydrogen) atoms. The lowest BCUT2D eigenvalue weighted by Gasteiger charge is -2.14. The van der Waals surface area contributed by atoms with Gasteiger partial charge in [0, 0.05) is 0 Å². The van der Waals surface area contributed by atoms with Gasteiger partial charge in [-0.2, -0.15) is 0 Å². The van der Waals surface area contributed by atoms with Crippen LogP contribution in [0.2, 0.25) is 0 Å². The summed E-state index contributed by atoms with van der Waals surface area (Å²) in [6.45, 7) is 10.2. The molecule has 2 heteroatoms. The summed E-state index contributed by atoms with van der Waals surface area (Å²) >= 11 is 0. The SMILES string of the molecule is C=CCOC(CC)OCC=C. The Labute approximate surface area is 68.5 Å². The zero-order valence-corrected chi connectivity index (χ0v) is 7.08. The summed E-state index contributed by atoms with van der Waals surface area (Å²) < 4.78 is 10.5. The molecule has 0 heterocycles. The highest BCUT2D eigenvalue weighted by Crippen LogP contribution is 1.99. The molecule has 0 aromatic carbocycles. The molecule has 0 saturated heterocycles. The first-order chi connectivity index (χ1) is 5.35. The monoisotopic (exact) mass is 156 g/mol. The molecule has 0 amide bonds. The minimum Gasteiger partial charge on any atom is -0.349 e. The fourth-order valence-corrected chi connectivity index (χ4v) is 0.635. The predicted molar refractivity (Wildman–Crippen MR) is 46.4 cm³/mol. The summed E-state index contributed by atoms with van der Waals surface area (Å²) in [6, 6.07) is 0. The maximum Gasteiger partial charge on any atom is 0.158 e. The van der Waals surface area contributed by atoms with Crippen molar-refractivity contribution in [2.45, 2.75) is 19.6 Å². The van der Waals surface area contributed by atoms with E-state index in [2.05, 4.69) is 13.2 Å². The molecular weight excluding hydrogens is 140 g/mol. The summed E-state index contributed by atoms with van der Waals surface area (Å²) in [7, 11) is 0. The van der Waals surface area contributed by atoms with E-state index in [0.29, 0.717) is 13.2 Å². The lowest BCUT2D eigenvalue weighted by atomic mass is 10.5. The van der Waals surface area contributed by atoms with Crippen LogP contribution in [-0.2, 0) is 9.47 Å². The van der Waals surface area contributed by atoms with E-state index in [4.69, 9.17) is 9.47 Å². The standard InChI is InChI=1S/C9H16O2/c1-4-7-10-9(6-3)11-8-5-2/h4-5,9H,1-2,6-8H2,3H3. The van der Waals surface area contributed by atoms with E-state index in [0.717, 1.165) is 6.42 Å². The summed E-state index contributed by atoms with van der Waals surface area (Å²) in [4.78, 5) is 0. The normalized spacial score (nSPS) is 10.0. The van der Waals surface area contributed by atoms with Gasteiger partial charge in [0.15, 0.2) is 6.29 Å². The van der Waals surface area contributed by atoms with Gasteiger partial charge < -0.3 is 9.47 Å². The second-order valence-electron chi connectivity index (χ2n) is 2.08. The van der Waals surface area contributed by atoms with Crippen molar-refractivity contribution >= 4 is 0 Å². The molecule has 0 spiro atoms. The van der Waals surface area contributed by atoms with Gasteiger partial charge in [-0.3, -0.25) is 0 Å². The number of hydrogen-bond donors (Lipinski definition) is 0. The van der Waals surface area contributed by atoms with Gasteiger partial charge in [0.2, 0.25) is 0 Å². The third-order valence-electron chi connectivity index (χ3n) is 1.13. The van der Waals surface area contributed by atoms with Crippen LogP contribution in [0.5, 0.6) is 0 Å². The smallest absolute Gasteiger partial charge is 0.158 e. The summed E-state index contributed by atoms with van der Waals surface area (Å²) in [5.74, 6) is 0. The molecule has 0 aromatic heterocycles. The van der Waals surface area contributed by atoms with Crippen molar-refractivity contribution in [3.05, 3.63) is 25.3 Å². The second kappa shape index (κ2) is 7.51. The molecule has 2 nitrogen and oxygen atoms in total. The number of ether oxygens (including phenoxy) is 2. The molecule has 0 atom stereocenters. The van der Waals surface area contributed by atoms with Crippen LogP contribution >= 0.6 is 0 Å². The number of rotatable bonds is 7. The minimum atomic E-state index is -0.119. The Morgan fingerprint density at radius 2 is 1.64 bits per heavy atom. The van der Waals surface area contributed by atoms with Gasteiger partial charge >= 0.3 is 0 Å². The highest BCUT2D eigenvalue weighted by atomic mass is 16.7. The van der Waals surface area contributed by atoms with Crippen molar-refractivity contribution in [3.63, 3.8) is 0 Å². The van der Waals surface area contributed by atoms with Crippen LogP contribution in [0.3, 0.4) is 0 Å². The topological polar surface area (TPSA) is 18.5 Å². The zero-order chi connectivity index (χ0) is 8.53. The van der Waals surface area contributed by atoms with Gasteiger partial charge in [0.1, 0.15) is 0 Å². The Hall–Kier alpha value is -0.600. The molecule has 0 aromatic rings. The van der Waals surface area contributed by atoms with Crippen LogP contribution in [0.1, 0.15) is 13.3 Å². The van der Waals surface area contributed by atoms with Crippen LogP contribution in [-0.4, -0.2) is 19.5 Å². The lowest BCUT2D eigenvalue weighted by molar-refractivity contribution is -0.127. The molecule has 0 aliphatic heterocycles. The van der Waals surface area contributed by atoms with Crippen LogP contribution in [0.25, 0.3) is 0 Å². The van der Waals surface area contributed by atoms with E-state index >= 15 is 0 Å². The molecule has 0 aliphatic carbocycles. The average Bonchev–Trinajstić information content (AvgIpc) is 2.05. The third kappa shape index (κ3) is 5.83. The predicted octanol–water partition coefficient (Wildman–Crippen LogP) is 2.13. The van der Waals surface area contributed by atoms with E-state index in [1.54, 1.807) is 12.2 Å². The summed E-state index contributed by atoms with van der Waals surface area (Å²) in [5.41, 5.74) is 0. The van der Waals surface area contributed by atoms with E-state index in [9.17, 15) is 0 Å². The van der Waals surface area contributed by atoms with Crippen LogP contribution in [0.4, 0.5) is 0 Å². The minimum absolute atomic E-state index is 0.119. The van der Waals surface area contributed by atoms with E-state index < -0.39 is 0 Å². The van der Waals surface area contributed by atoms with Gasteiger partial charge in [-0.25, -0.2) is 0 Å². The van der Waals surface area contributed by atoms with Gasteiger partial charge in [-0.1, -0.05) is 19.1 Å². The number of hydrogen-bond acceptors (Lipinski definition) is 2. The Kier molecular flexibility index (Phi) is 7.10. The Bertz CT molecular complexity index is 98.1. The fourth-order valence-electron chi connectivity index (χ4n) is 0.635. The lowest BCUT2D eigenvalue weighted by Crippen LogP contribution is -2.16. The molecule has 64 valence electrons. The molecule has 0 bridgehead atoms. The van der Waals surface area contributed by atoms with Gasteiger partial charge in [-0.05, 0) is 6.42 Å². The molecule has 0 fully saturated rings. The van der Waals surface area contributed by atoms with E-state index in [1.165, 1.54) is 0 Å². The maximum absolute atomic E-state index is 5.25. The highest BCUT2D eigenvalue weighted by molar-refractivity contribution is 4.66. The second-order valence-corrected chi connectivity index (χ2v) is 2.08. The molecule has 0 radical (unpaired) electrons. The van der Waals surface area contributed by atoms with E-state index in [-0.39, 0.29) is 6.29 Å². The van der Waals surface area contributed by atoms with Crippen molar-refractivity contribution < 1.29 is 9.47 Å². The molecule has 0 unspecified atom stereocenters. The van der Waals surface area contributed by atoms with Gasteiger partial charge in [0.25, 0.3) is 0 Å². The zero-order valence-electron chi connectivity index (χ0n) is 7.08. The fraction of sp³-hybridized carbons (Fsp3) is 0.556. The quantitative estimate of drug-likeness (QED) is 0.415. The third-order valence-corrected chi connectivity index (χ3v) is 1.13. The molecule has 0 aliphatic rings. The Morgan fingerprint density at radius 3 is 1.91 bits per heavy atom. The molecular formula is C9H16O2. The van der Waals surface area contributed by atoms with Crippen LogP contribution in [0.15, 0.2) is 25.3 Å². The molecule has 0 saturated carbocycles. The molecule has 0 N–H and O–H groups in total. The first-order valence-corrected chi connectivity index (χ1v) is 3.80. The first kappa shape index (κ1) is 10.4. The van der Waals surface area contributed by atoms with Crippen LogP contribution < -0.4 is 0 Å². The van der Waals surface area contributed by atoms with Crippen molar-refractivity contribution in [2.24, 2.45) is 0 Å². The van der Waals surface area contributed by atoms with Gasteiger partial charge in [-0.15, -0.1) is 13.2 Å². The highest BCUT2D eigenvalue weighted by Gasteiger charge is 2.02. The van der Waals surface area contributed by atoms with Crippen molar-refractivity contribution in [2.75, 3.05) is 13.2 Å². The van der Waals surface area contributed by atoms with Crippen molar-refractivity contribution in [3.8, 4) is 0 Å². The molecule has 0 rings (SSSR count). The summed E-state index contributed by atoms with van der Waals surface area (Å²) in [5, 5.41) is 0. The first-order valence-electron chi connectivity index (χ1n) is 3.80. The largest absolute Gasteiger partial charge is 0.349 e. The van der Waals surface area contributed by atoms with E-state index in [1.807, 2.05) is 6.92 Å². The Morgan fingerprint density at radius 1 is 1.18 bits per heavy atom.